The van der Waals surface area contributed by atoms with E-state index in [4.69, 9.17) is 27.6 Å². The first kappa shape index (κ1) is 16.4. The van der Waals surface area contributed by atoms with Crippen LogP contribution in [0.5, 0.6) is 0 Å². The highest BCUT2D eigenvalue weighted by Crippen LogP contribution is 2.31. The molecule has 24 heavy (non-hydrogen) atoms. The van der Waals surface area contributed by atoms with Crippen LogP contribution in [0.2, 0.25) is 10.0 Å². The second kappa shape index (κ2) is 6.95. The van der Waals surface area contributed by atoms with Crippen molar-refractivity contribution >= 4 is 35.0 Å². The van der Waals surface area contributed by atoms with E-state index in [1.807, 2.05) is 6.07 Å². The number of hydrogen-bond donors (Lipinski definition) is 1. The van der Waals surface area contributed by atoms with Gasteiger partial charge in [-0.15, -0.1) is 0 Å². The maximum Gasteiger partial charge on any atom is 0.411 e. The fourth-order valence-electron chi connectivity index (χ4n) is 2.09. The largest absolute Gasteiger partial charge is 0.453 e. The number of ether oxygens (including phenoxy) is 1. The number of oxazole rings is 1. The van der Waals surface area contributed by atoms with Gasteiger partial charge in [0.05, 0.1) is 23.4 Å². The molecule has 1 heterocycles. The van der Waals surface area contributed by atoms with Crippen molar-refractivity contribution < 1.29 is 13.9 Å². The molecule has 0 spiro atoms. The summed E-state index contributed by atoms with van der Waals surface area (Å²) in [7, 11) is 1.30. The smallest absolute Gasteiger partial charge is 0.411 e. The lowest BCUT2D eigenvalue weighted by atomic mass is 10.2. The first-order valence-electron chi connectivity index (χ1n) is 6.93. The molecule has 0 bridgehead atoms. The Morgan fingerprint density at radius 2 is 1.96 bits per heavy atom. The summed E-state index contributed by atoms with van der Waals surface area (Å²) >= 11 is 11.9. The second-order valence-electron chi connectivity index (χ2n) is 4.86. The highest BCUT2D eigenvalue weighted by molar-refractivity contribution is 6.42. The van der Waals surface area contributed by atoms with Crippen LogP contribution >= 0.6 is 23.2 Å². The molecule has 2 aromatic carbocycles. The van der Waals surface area contributed by atoms with Crippen LogP contribution in [0.1, 0.15) is 0 Å². The number of nitrogens with zero attached hydrogens (tertiary/aromatic N) is 1. The number of hydrogen-bond acceptors (Lipinski definition) is 4. The number of halogens is 2. The van der Waals surface area contributed by atoms with Gasteiger partial charge in [0.15, 0.2) is 5.76 Å². The highest BCUT2D eigenvalue weighted by Gasteiger charge is 2.11. The van der Waals surface area contributed by atoms with Gasteiger partial charge in [0.1, 0.15) is 0 Å². The van der Waals surface area contributed by atoms with E-state index in [0.29, 0.717) is 27.4 Å². The molecular weight excluding hydrogens is 351 g/mol. The first-order chi connectivity index (χ1) is 11.6. The minimum atomic E-state index is -0.545. The van der Waals surface area contributed by atoms with Gasteiger partial charge < -0.3 is 9.15 Å². The summed E-state index contributed by atoms with van der Waals surface area (Å²) in [6, 6.07) is 12.3. The quantitative estimate of drug-likeness (QED) is 0.668. The molecule has 122 valence electrons. The molecule has 0 radical (unpaired) electrons. The van der Waals surface area contributed by atoms with Crippen LogP contribution in [0.4, 0.5) is 10.5 Å². The number of methoxy groups -OCH3 is 1. The lowest BCUT2D eigenvalue weighted by Crippen LogP contribution is -2.10. The van der Waals surface area contributed by atoms with E-state index in [9.17, 15) is 4.79 Å². The van der Waals surface area contributed by atoms with E-state index in [0.717, 1.165) is 11.1 Å². The zero-order chi connectivity index (χ0) is 17.1. The number of amides is 1. The Morgan fingerprint density at radius 1 is 1.12 bits per heavy atom. The molecule has 0 aliphatic rings. The van der Waals surface area contributed by atoms with Crippen molar-refractivity contribution in [3.8, 4) is 22.8 Å². The Bertz CT molecular complexity index is 893. The summed E-state index contributed by atoms with van der Waals surface area (Å²) in [5.74, 6) is 0.986. The number of aromatic nitrogens is 1. The van der Waals surface area contributed by atoms with Gasteiger partial charge in [-0.05, 0) is 36.4 Å². The van der Waals surface area contributed by atoms with Crippen LogP contribution in [0.3, 0.4) is 0 Å². The molecule has 3 aromatic rings. The monoisotopic (exact) mass is 362 g/mol. The molecule has 0 fully saturated rings. The van der Waals surface area contributed by atoms with Gasteiger partial charge in [-0.2, -0.15) is 0 Å². The molecule has 0 atom stereocenters. The SMILES string of the molecule is COC(=O)Nc1cccc(-c2ncc(-c3ccc(Cl)c(Cl)c3)o2)c1. The van der Waals surface area contributed by atoms with Crippen LogP contribution in [0, 0.1) is 0 Å². The Kier molecular flexibility index (Phi) is 4.74. The van der Waals surface area contributed by atoms with Crippen molar-refractivity contribution in [2.75, 3.05) is 12.4 Å². The fourth-order valence-corrected chi connectivity index (χ4v) is 2.39. The van der Waals surface area contributed by atoms with Crippen molar-refractivity contribution in [2.24, 2.45) is 0 Å². The summed E-state index contributed by atoms with van der Waals surface area (Å²) in [4.78, 5) is 15.6. The summed E-state index contributed by atoms with van der Waals surface area (Å²) in [6.45, 7) is 0. The third-order valence-electron chi connectivity index (χ3n) is 3.25. The number of carbonyl (C=O) groups excluding carboxylic acids is 1. The Labute approximate surface area is 148 Å². The number of carbonyl (C=O) groups is 1. The molecule has 3 rings (SSSR count). The molecule has 5 nitrogen and oxygen atoms in total. The molecule has 0 unspecified atom stereocenters. The standard InChI is InChI=1S/C17H12Cl2N2O3/c1-23-17(22)21-12-4-2-3-11(7-12)16-20-9-15(24-16)10-5-6-13(18)14(19)8-10/h2-9H,1H3,(H,21,22). The molecule has 0 aliphatic heterocycles. The minimum absolute atomic E-state index is 0.421. The molecule has 0 saturated heterocycles. The fraction of sp³-hybridized carbons (Fsp3) is 0.0588. The molecule has 1 aromatic heterocycles. The highest BCUT2D eigenvalue weighted by atomic mass is 35.5. The number of rotatable bonds is 3. The third kappa shape index (κ3) is 3.53. The molecule has 1 amide bonds. The van der Waals surface area contributed by atoms with E-state index in [-0.39, 0.29) is 0 Å². The van der Waals surface area contributed by atoms with E-state index >= 15 is 0 Å². The predicted molar refractivity (Wildman–Crippen MR) is 93.4 cm³/mol. The van der Waals surface area contributed by atoms with Crippen LogP contribution in [-0.4, -0.2) is 18.2 Å². The van der Waals surface area contributed by atoms with Crippen LogP contribution in [0.15, 0.2) is 53.1 Å². The van der Waals surface area contributed by atoms with Gasteiger partial charge in [0.2, 0.25) is 5.89 Å². The average Bonchev–Trinajstić information content (AvgIpc) is 3.07. The lowest BCUT2D eigenvalue weighted by molar-refractivity contribution is 0.187. The average molecular weight is 363 g/mol. The number of nitrogens with one attached hydrogen (secondary N) is 1. The van der Waals surface area contributed by atoms with Gasteiger partial charge >= 0.3 is 6.09 Å². The van der Waals surface area contributed by atoms with Gasteiger partial charge in [-0.25, -0.2) is 9.78 Å². The maximum absolute atomic E-state index is 11.3. The summed E-state index contributed by atoms with van der Waals surface area (Å²) in [5.41, 5.74) is 2.07. The van der Waals surface area contributed by atoms with Crippen LogP contribution < -0.4 is 5.32 Å². The first-order valence-corrected chi connectivity index (χ1v) is 7.69. The van der Waals surface area contributed by atoms with Crippen molar-refractivity contribution in [1.82, 2.24) is 4.98 Å². The topological polar surface area (TPSA) is 64.4 Å². The normalized spacial score (nSPS) is 10.5. The van der Waals surface area contributed by atoms with Crippen molar-refractivity contribution in [1.29, 1.82) is 0 Å². The Balaban J connectivity index is 1.89. The van der Waals surface area contributed by atoms with E-state index in [1.54, 1.807) is 42.6 Å². The zero-order valence-electron chi connectivity index (χ0n) is 12.5. The van der Waals surface area contributed by atoms with E-state index in [2.05, 4.69) is 15.0 Å². The minimum Gasteiger partial charge on any atom is -0.453 e. The summed E-state index contributed by atoms with van der Waals surface area (Å²) in [6.07, 6.45) is 1.06. The van der Waals surface area contributed by atoms with Gasteiger partial charge in [-0.1, -0.05) is 29.3 Å². The van der Waals surface area contributed by atoms with Crippen LogP contribution in [0.25, 0.3) is 22.8 Å². The molecule has 0 saturated carbocycles. The second-order valence-corrected chi connectivity index (χ2v) is 5.67. The van der Waals surface area contributed by atoms with Crippen molar-refractivity contribution in [2.45, 2.75) is 0 Å². The number of anilines is 1. The predicted octanol–water partition coefficient (Wildman–Crippen LogP) is 5.49. The number of benzene rings is 2. The summed E-state index contributed by atoms with van der Waals surface area (Å²) in [5, 5.41) is 3.51. The third-order valence-corrected chi connectivity index (χ3v) is 3.99. The van der Waals surface area contributed by atoms with Gasteiger partial charge in [-0.3, -0.25) is 5.32 Å². The molecular formula is C17H12Cl2N2O3. The molecule has 1 N–H and O–H groups in total. The Morgan fingerprint density at radius 3 is 2.71 bits per heavy atom. The molecule has 7 heteroatoms. The Hall–Kier alpha value is -2.50. The maximum atomic E-state index is 11.3. The van der Waals surface area contributed by atoms with Crippen molar-refractivity contribution in [3.63, 3.8) is 0 Å². The van der Waals surface area contributed by atoms with Gasteiger partial charge in [0, 0.05) is 16.8 Å². The lowest BCUT2D eigenvalue weighted by Gasteiger charge is -2.04. The van der Waals surface area contributed by atoms with E-state index < -0.39 is 6.09 Å². The van der Waals surface area contributed by atoms with E-state index in [1.165, 1.54) is 7.11 Å². The van der Waals surface area contributed by atoms with Crippen molar-refractivity contribution in [3.05, 3.63) is 58.7 Å². The molecule has 0 aliphatic carbocycles. The van der Waals surface area contributed by atoms with Crippen LogP contribution in [-0.2, 0) is 4.74 Å². The zero-order valence-corrected chi connectivity index (χ0v) is 14.1. The summed E-state index contributed by atoms with van der Waals surface area (Å²) < 4.78 is 10.4. The van der Waals surface area contributed by atoms with Gasteiger partial charge in [0.25, 0.3) is 0 Å².